The van der Waals surface area contributed by atoms with Crippen LogP contribution < -0.4 is 14.8 Å². The van der Waals surface area contributed by atoms with Gasteiger partial charge in [-0.3, -0.25) is 9.59 Å². The SMILES string of the molecule is COc1cc(NC(=O)c2ccco2)c(C(=O)OCC(=O)N2CC3(C)CC2CC(C)(C)C3)cc1OC. The van der Waals surface area contributed by atoms with Crippen LogP contribution in [0.15, 0.2) is 34.9 Å². The zero-order valence-corrected chi connectivity index (χ0v) is 20.8. The van der Waals surface area contributed by atoms with E-state index in [2.05, 4.69) is 26.1 Å². The highest BCUT2D eigenvalue weighted by molar-refractivity contribution is 6.07. The van der Waals surface area contributed by atoms with E-state index in [1.165, 1.54) is 38.7 Å². The number of hydrogen-bond donors (Lipinski definition) is 1. The number of fused-ring (bicyclic) bond motifs is 2. The third-order valence-electron chi connectivity index (χ3n) is 6.80. The van der Waals surface area contributed by atoms with Crippen LogP contribution in [0.2, 0.25) is 0 Å². The van der Waals surface area contributed by atoms with E-state index in [9.17, 15) is 14.4 Å². The molecule has 35 heavy (non-hydrogen) atoms. The Bertz CT molecular complexity index is 1120. The molecule has 188 valence electrons. The molecule has 2 heterocycles. The maximum Gasteiger partial charge on any atom is 0.340 e. The summed E-state index contributed by atoms with van der Waals surface area (Å²) < 4.78 is 21.2. The molecule has 2 atom stereocenters. The number of carbonyl (C=O) groups excluding carboxylic acids is 3. The van der Waals surface area contributed by atoms with Gasteiger partial charge in [-0.05, 0) is 42.2 Å². The lowest BCUT2D eigenvalue weighted by Crippen LogP contribution is -2.39. The second-order valence-electron chi connectivity index (χ2n) is 10.5. The molecule has 2 unspecified atom stereocenters. The molecule has 2 aromatic rings. The first-order chi connectivity index (χ1) is 16.5. The Morgan fingerprint density at radius 3 is 2.49 bits per heavy atom. The predicted octanol–water partition coefficient (Wildman–Crippen LogP) is 4.13. The molecule has 9 nitrogen and oxygen atoms in total. The third-order valence-corrected chi connectivity index (χ3v) is 6.80. The zero-order valence-electron chi connectivity index (χ0n) is 20.8. The van der Waals surface area contributed by atoms with Gasteiger partial charge in [-0.2, -0.15) is 0 Å². The fraction of sp³-hybridized carbons (Fsp3) is 0.500. The smallest absolute Gasteiger partial charge is 0.340 e. The normalized spacial score (nSPS) is 22.4. The van der Waals surface area contributed by atoms with Crippen LogP contribution in [0.5, 0.6) is 11.5 Å². The van der Waals surface area contributed by atoms with Crippen LogP contribution in [0.25, 0.3) is 0 Å². The number of rotatable bonds is 7. The van der Waals surface area contributed by atoms with Crippen LogP contribution in [0, 0.1) is 10.8 Å². The third kappa shape index (κ3) is 5.13. The van der Waals surface area contributed by atoms with Gasteiger partial charge < -0.3 is 28.8 Å². The van der Waals surface area contributed by atoms with Crippen molar-refractivity contribution in [3.8, 4) is 11.5 Å². The second kappa shape index (κ2) is 9.28. The van der Waals surface area contributed by atoms with E-state index in [1.807, 2.05) is 4.90 Å². The summed E-state index contributed by atoms with van der Waals surface area (Å²) >= 11 is 0. The molecule has 1 aromatic carbocycles. The fourth-order valence-electron chi connectivity index (χ4n) is 5.78. The molecule has 2 amide bonds. The van der Waals surface area contributed by atoms with Gasteiger partial charge in [-0.15, -0.1) is 0 Å². The molecule has 2 fully saturated rings. The number of methoxy groups -OCH3 is 2. The van der Waals surface area contributed by atoms with Crippen LogP contribution in [0.1, 0.15) is 60.9 Å². The van der Waals surface area contributed by atoms with Crippen molar-refractivity contribution in [1.82, 2.24) is 4.90 Å². The number of amides is 2. The quantitative estimate of drug-likeness (QED) is 0.589. The summed E-state index contributed by atoms with van der Waals surface area (Å²) in [6.07, 6.45) is 4.33. The highest BCUT2D eigenvalue weighted by atomic mass is 16.5. The van der Waals surface area contributed by atoms with Gasteiger partial charge in [0.15, 0.2) is 23.9 Å². The molecule has 2 bridgehead atoms. The van der Waals surface area contributed by atoms with Crippen molar-refractivity contribution in [2.75, 3.05) is 32.7 Å². The molecular weight excluding hydrogens is 452 g/mol. The van der Waals surface area contributed by atoms with Crippen LogP contribution in [0.3, 0.4) is 0 Å². The molecule has 1 aliphatic carbocycles. The Morgan fingerprint density at radius 2 is 1.83 bits per heavy atom. The first kappa shape index (κ1) is 24.6. The number of hydrogen-bond acceptors (Lipinski definition) is 7. The van der Waals surface area contributed by atoms with Gasteiger partial charge in [0.1, 0.15) is 0 Å². The Balaban J connectivity index is 1.50. The first-order valence-electron chi connectivity index (χ1n) is 11.6. The van der Waals surface area contributed by atoms with Gasteiger partial charge in [0.25, 0.3) is 11.8 Å². The van der Waals surface area contributed by atoms with Gasteiger partial charge in [-0.25, -0.2) is 4.79 Å². The summed E-state index contributed by atoms with van der Waals surface area (Å²) in [4.78, 5) is 40.5. The van der Waals surface area contributed by atoms with Crippen molar-refractivity contribution >= 4 is 23.5 Å². The van der Waals surface area contributed by atoms with Crippen molar-refractivity contribution in [3.05, 3.63) is 41.9 Å². The molecule has 1 aliphatic heterocycles. The van der Waals surface area contributed by atoms with Gasteiger partial charge in [-0.1, -0.05) is 20.8 Å². The summed E-state index contributed by atoms with van der Waals surface area (Å²) in [7, 11) is 2.88. The minimum Gasteiger partial charge on any atom is -0.493 e. The maximum absolute atomic E-state index is 13.1. The van der Waals surface area contributed by atoms with Gasteiger partial charge in [0.2, 0.25) is 0 Å². The number of likely N-dealkylation sites (tertiary alicyclic amines) is 1. The average Bonchev–Trinajstić information content (AvgIpc) is 3.42. The van der Waals surface area contributed by atoms with Gasteiger partial charge in [0.05, 0.1) is 31.7 Å². The Kier molecular flexibility index (Phi) is 6.53. The van der Waals surface area contributed by atoms with Crippen molar-refractivity contribution in [3.63, 3.8) is 0 Å². The minimum absolute atomic E-state index is 0.0311. The highest BCUT2D eigenvalue weighted by Crippen LogP contribution is 2.52. The number of anilines is 1. The lowest BCUT2D eigenvalue weighted by atomic mass is 9.65. The Hall–Kier alpha value is -3.49. The van der Waals surface area contributed by atoms with Crippen LogP contribution >= 0.6 is 0 Å². The largest absolute Gasteiger partial charge is 0.493 e. The number of benzene rings is 1. The molecule has 9 heteroatoms. The van der Waals surface area contributed by atoms with Crippen molar-refractivity contribution < 1.29 is 33.0 Å². The number of furan rings is 1. The number of nitrogens with one attached hydrogen (secondary N) is 1. The Labute approximate surface area is 204 Å². The summed E-state index contributed by atoms with van der Waals surface area (Å²) in [5, 5.41) is 2.64. The molecule has 1 aromatic heterocycles. The standard InChI is InChI=1S/C26H32N2O7/c1-25(2)11-16-12-26(3,14-25)15-28(16)22(29)13-35-24(31)17-9-20(32-4)21(33-5)10-18(17)27-23(30)19-7-6-8-34-19/h6-10,16H,11-15H2,1-5H3,(H,27,30). The monoisotopic (exact) mass is 484 g/mol. The average molecular weight is 485 g/mol. The van der Waals surface area contributed by atoms with Crippen molar-refractivity contribution in [2.45, 2.75) is 46.1 Å². The summed E-state index contributed by atoms with van der Waals surface area (Å²) in [5.74, 6) is -0.854. The van der Waals surface area contributed by atoms with E-state index in [1.54, 1.807) is 6.07 Å². The zero-order chi connectivity index (χ0) is 25.4. The molecule has 1 N–H and O–H groups in total. The first-order valence-corrected chi connectivity index (χ1v) is 11.6. The van der Waals surface area contributed by atoms with E-state index >= 15 is 0 Å². The highest BCUT2D eigenvalue weighted by Gasteiger charge is 2.51. The molecule has 2 aliphatic rings. The lowest BCUT2D eigenvalue weighted by molar-refractivity contribution is -0.135. The predicted molar refractivity (Wildman–Crippen MR) is 128 cm³/mol. The summed E-state index contributed by atoms with van der Waals surface area (Å²) in [6.45, 7) is 6.98. The number of carbonyl (C=O) groups is 3. The topological polar surface area (TPSA) is 107 Å². The molecule has 4 rings (SSSR count). The van der Waals surface area contributed by atoms with Gasteiger partial charge in [0, 0.05) is 24.7 Å². The maximum atomic E-state index is 13.1. The summed E-state index contributed by atoms with van der Waals surface area (Å²) in [5.41, 5.74) is 0.430. The second-order valence-corrected chi connectivity index (χ2v) is 10.5. The van der Waals surface area contributed by atoms with Crippen LogP contribution in [-0.4, -0.2) is 56.1 Å². The molecule has 1 saturated heterocycles. The lowest BCUT2D eigenvalue weighted by Gasteiger charge is -2.39. The molecule has 1 saturated carbocycles. The van der Waals surface area contributed by atoms with Crippen molar-refractivity contribution in [1.29, 1.82) is 0 Å². The minimum atomic E-state index is -0.761. The van der Waals surface area contributed by atoms with E-state index in [0.717, 1.165) is 19.3 Å². The van der Waals surface area contributed by atoms with E-state index in [4.69, 9.17) is 18.6 Å². The molecule has 0 radical (unpaired) electrons. The summed E-state index contributed by atoms with van der Waals surface area (Å²) in [6, 6.07) is 6.11. The molecule has 0 spiro atoms. The Morgan fingerprint density at radius 1 is 1.11 bits per heavy atom. The van der Waals surface area contributed by atoms with Crippen LogP contribution in [-0.2, 0) is 9.53 Å². The van der Waals surface area contributed by atoms with E-state index in [0.29, 0.717) is 12.3 Å². The van der Waals surface area contributed by atoms with E-state index in [-0.39, 0.29) is 52.1 Å². The fourth-order valence-corrected chi connectivity index (χ4v) is 5.78. The molecular formula is C26H32N2O7. The number of esters is 1. The van der Waals surface area contributed by atoms with Gasteiger partial charge >= 0.3 is 5.97 Å². The van der Waals surface area contributed by atoms with E-state index < -0.39 is 11.9 Å². The number of ether oxygens (including phenoxy) is 3. The number of nitrogens with zero attached hydrogens (tertiary/aromatic N) is 1. The van der Waals surface area contributed by atoms with Crippen molar-refractivity contribution in [2.24, 2.45) is 10.8 Å². The van der Waals surface area contributed by atoms with Crippen LogP contribution in [0.4, 0.5) is 5.69 Å².